The highest BCUT2D eigenvalue weighted by Crippen LogP contribution is 2.51. The van der Waals surface area contributed by atoms with E-state index in [9.17, 15) is 4.79 Å². The zero-order chi connectivity index (χ0) is 20.3. The van der Waals surface area contributed by atoms with Crippen LogP contribution < -0.4 is 14.6 Å². The number of β-lactam (4-membered cyclic amide) rings is 1. The van der Waals surface area contributed by atoms with Gasteiger partial charge in [-0.25, -0.2) is 9.99 Å². The minimum absolute atomic E-state index is 0.160. The first-order valence-corrected chi connectivity index (χ1v) is 10.5. The van der Waals surface area contributed by atoms with Crippen molar-refractivity contribution in [3.05, 3.63) is 48.0 Å². The largest absolute Gasteiger partial charge is 0.494 e. The number of rotatable bonds is 3. The summed E-state index contributed by atoms with van der Waals surface area (Å²) in [6.07, 6.45) is 0.563. The van der Waals surface area contributed by atoms with Crippen LogP contribution in [0.5, 0.6) is 5.75 Å². The topological polar surface area (TPSA) is 58.0 Å². The molecular weight excluding hydrogens is 408 g/mol. The van der Waals surface area contributed by atoms with Crippen LogP contribution in [0.3, 0.4) is 0 Å². The summed E-state index contributed by atoms with van der Waals surface area (Å²) >= 11 is 8.11. The summed E-state index contributed by atoms with van der Waals surface area (Å²) in [5, 5.41) is 6.51. The normalized spacial score (nSPS) is 23.7. The van der Waals surface area contributed by atoms with Crippen molar-refractivity contribution in [2.75, 3.05) is 17.0 Å². The van der Waals surface area contributed by atoms with Crippen molar-refractivity contribution in [2.45, 2.75) is 31.3 Å². The predicted octanol–water partition coefficient (Wildman–Crippen LogP) is 4.55. The number of hydrogen-bond acceptors (Lipinski definition) is 6. The van der Waals surface area contributed by atoms with Crippen molar-refractivity contribution in [1.29, 1.82) is 0 Å². The molecule has 29 heavy (non-hydrogen) atoms. The number of alkyl halides is 1. The minimum atomic E-state index is -0.793. The molecule has 1 amide bonds. The molecular formula is C21H19ClN4O2S. The van der Waals surface area contributed by atoms with Gasteiger partial charge in [-0.05, 0) is 38.1 Å². The summed E-state index contributed by atoms with van der Waals surface area (Å²) in [6.45, 7) is 4.00. The van der Waals surface area contributed by atoms with E-state index in [-0.39, 0.29) is 5.91 Å². The van der Waals surface area contributed by atoms with Crippen LogP contribution in [0.1, 0.15) is 18.9 Å². The number of hydrogen-bond donors (Lipinski definition) is 0. The maximum absolute atomic E-state index is 12.9. The Labute approximate surface area is 177 Å². The Morgan fingerprint density at radius 3 is 2.69 bits per heavy atom. The van der Waals surface area contributed by atoms with E-state index in [0.29, 0.717) is 17.3 Å². The number of ether oxygens (including phenoxy) is 1. The zero-order valence-electron chi connectivity index (χ0n) is 16.2. The fourth-order valence-electron chi connectivity index (χ4n) is 4.06. The number of carbonyl (C=O) groups excluding carboxylic acids is 1. The van der Waals surface area contributed by atoms with Crippen LogP contribution >= 0.6 is 22.9 Å². The van der Waals surface area contributed by atoms with Gasteiger partial charge in [0.1, 0.15) is 11.3 Å². The predicted molar refractivity (Wildman–Crippen MR) is 117 cm³/mol. The lowest BCUT2D eigenvalue weighted by Gasteiger charge is -2.55. The second-order valence-corrected chi connectivity index (χ2v) is 8.82. The highest BCUT2D eigenvalue weighted by atomic mass is 35.5. The van der Waals surface area contributed by atoms with Crippen LogP contribution in [0, 0.1) is 6.92 Å². The molecule has 0 aliphatic carbocycles. The van der Waals surface area contributed by atoms with Gasteiger partial charge < -0.3 is 4.74 Å². The molecule has 2 aromatic carbocycles. The molecule has 5 rings (SSSR count). The number of para-hydroxylation sites is 1. The number of aromatic nitrogens is 1. The number of methoxy groups -OCH3 is 1. The van der Waals surface area contributed by atoms with Crippen LogP contribution in [0.25, 0.3) is 10.2 Å². The smallest absolute Gasteiger partial charge is 0.253 e. The SMILES string of the molecule is COc1cccc2sc(N3C(=O)C(Cl)C34CC(C)=NN4c3ccc(C)cc3)nc12. The number of nitrogens with zero attached hydrogens (tertiary/aromatic N) is 4. The van der Waals surface area contributed by atoms with Crippen molar-refractivity contribution in [3.63, 3.8) is 0 Å². The Bertz CT molecular complexity index is 1160. The van der Waals surface area contributed by atoms with Crippen LogP contribution in [0.4, 0.5) is 10.8 Å². The van der Waals surface area contributed by atoms with Crippen LogP contribution in [0.2, 0.25) is 0 Å². The average molecular weight is 427 g/mol. The van der Waals surface area contributed by atoms with Crippen molar-refractivity contribution in [3.8, 4) is 5.75 Å². The minimum Gasteiger partial charge on any atom is -0.494 e. The third-order valence-electron chi connectivity index (χ3n) is 5.44. The Morgan fingerprint density at radius 1 is 1.21 bits per heavy atom. The van der Waals surface area contributed by atoms with Gasteiger partial charge in [0.25, 0.3) is 5.91 Å². The second-order valence-electron chi connectivity index (χ2n) is 7.38. The third-order valence-corrected chi connectivity index (χ3v) is 6.99. The summed E-state index contributed by atoms with van der Waals surface area (Å²) in [6, 6.07) is 13.8. The highest BCUT2D eigenvalue weighted by Gasteiger charge is 2.67. The summed E-state index contributed by atoms with van der Waals surface area (Å²) in [5.41, 5.74) is 2.93. The molecule has 3 aromatic rings. The molecule has 1 aromatic heterocycles. The Kier molecular flexibility index (Phi) is 4.08. The van der Waals surface area contributed by atoms with Crippen molar-refractivity contribution < 1.29 is 9.53 Å². The van der Waals surface area contributed by atoms with Crippen LogP contribution in [-0.4, -0.2) is 34.8 Å². The summed E-state index contributed by atoms with van der Waals surface area (Å²) in [7, 11) is 1.62. The number of aryl methyl sites for hydroxylation is 1. The number of carbonyl (C=O) groups is 1. The summed E-state index contributed by atoms with van der Waals surface area (Å²) in [4.78, 5) is 19.4. The first-order valence-electron chi connectivity index (χ1n) is 9.28. The average Bonchev–Trinajstić information content (AvgIpc) is 3.30. The van der Waals surface area contributed by atoms with Crippen molar-refractivity contribution in [2.24, 2.45) is 5.10 Å². The van der Waals surface area contributed by atoms with Crippen molar-refractivity contribution in [1.82, 2.24) is 4.98 Å². The Balaban J connectivity index is 1.63. The van der Waals surface area contributed by atoms with E-state index in [1.807, 2.05) is 61.3 Å². The molecule has 0 bridgehead atoms. The van der Waals surface area contributed by atoms with E-state index in [1.54, 1.807) is 12.0 Å². The quantitative estimate of drug-likeness (QED) is 0.455. The molecule has 1 spiro atoms. The fourth-order valence-corrected chi connectivity index (χ4v) is 5.49. The third kappa shape index (κ3) is 2.50. The van der Waals surface area contributed by atoms with Gasteiger partial charge in [-0.1, -0.05) is 35.1 Å². The van der Waals surface area contributed by atoms with E-state index < -0.39 is 11.0 Å². The second kappa shape index (κ2) is 6.43. The van der Waals surface area contributed by atoms with E-state index in [0.717, 1.165) is 27.2 Å². The molecule has 2 atom stereocenters. The van der Waals surface area contributed by atoms with Gasteiger partial charge in [0.15, 0.2) is 16.2 Å². The van der Waals surface area contributed by atoms with Gasteiger partial charge in [0.2, 0.25) is 0 Å². The van der Waals surface area contributed by atoms with Gasteiger partial charge in [-0.15, -0.1) is 11.6 Å². The maximum Gasteiger partial charge on any atom is 0.253 e. The lowest BCUT2D eigenvalue weighted by molar-refractivity contribution is -0.126. The summed E-state index contributed by atoms with van der Waals surface area (Å²) < 4.78 is 6.39. The molecule has 0 N–H and O–H groups in total. The Hall–Kier alpha value is -2.64. The van der Waals surface area contributed by atoms with Gasteiger partial charge >= 0.3 is 0 Å². The van der Waals surface area contributed by atoms with E-state index >= 15 is 0 Å². The zero-order valence-corrected chi connectivity index (χ0v) is 17.8. The molecule has 148 valence electrons. The maximum atomic E-state index is 12.9. The van der Waals surface area contributed by atoms with Gasteiger partial charge in [-0.3, -0.25) is 9.69 Å². The number of hydrazone groups is 1. The monoisotopic (exact) mass is 426 g/mol. The summed E-state index contributed by atoms with van der Waals surface area (Å²) in [5.74, 6) is 0.524. The lowest BCUT2D eigenvalue weighted by atomic mass is 9.88. The molecule has 2 aliphatic heterocycles. The highest BCUT2D eigenvalue weighted by molar-refractivity contribution is 7.22. The number of fused-ring (bicyclic) bond motifs is 1. The number of halogens is 1. The Morgan fingerprint density at radius 2 is 1.97 bits per heavy atom. The molecule has 8 heteroatoms. The first-order chi connectivity index (χ1) is 14.0. The molecule has 2 aliphatic rings. The fraction of sp³-hybridized carbons (Fsp3) is 0.286. The molecule has 3 heterocycles. The van der Waals surface area contributed by atoms with Gasteiger partial charge in [-0.2, -0.15) is 5.10 Å². The number of amides is 1. The van der Waals surface area contributed by atoms with Crippen LogP contribution in [-0.2, 0) is 4.79 Å². The molecule has 6 nitrogen and oxygen atoms in total. The first kappa shape index (κ1) is 18.4. The number of benzene rings is 2. The van der Waals surface area contributed by atoms with Crippen molar-refractivity contribution >= 4 is 55.6 Å². The number of thiazole rings is 1. The molecule has 0 saturated carbocycles. The van der Waals surface area contributed by atoms with E-state index in [1.165, 1.54) is 11.3 Å². The lowest BCUT2D eigenvalue weighted by Crippen LogP contribution is -2.78. The number of anilines is 2. The van der Waals surface area contributed by atoms with Gasteiger partial charge in [0.05, 0.1) is 17.5 Å². The molecule has 2 unspecified atom stereocenters. The molecule has 1 saturated heterocycles. The van der Waals surface area contributed by atoms with E-state index in [2.05, 4.69) is 0 Å². The molecule has 0 radical (unpaired) electrons. The standard InChI is InChI=1S/C21H19ClN4O2S/c1-12-7-9-14(10-8-12)26-21(11-13(2)24-26)18(22)19(27)25(21)20-23-17-15(28-3)5-4-6-16(17)29-20/h4-10,18H,11H2,1-3H3. The van der Waals surface area contributed by atoms with Crippen LogP contribution in [0.15, 0.2) is 47.6 Å². The van der Waals surface area contributed by atoms with Gasteiger partial charge in [0, 0.05) is 12.1 Å². The van der Waals surface area contributed by atoms with E-state index in [4.69, 9.17) is 26.4 Å². The molecule has 1 fully saturated rings.